The van der Waals surface area contributed by atoms with Crippen LogP contribution in [0.4, 0.5) is 15.8 Å². The molecule has 7 heteroatoms. The summed E-state index contributed by atoms with van der Waals surface area (Å²) >= 11 is 0. The fourth-order valence-corrected chi connectivity index (χ4v) is 4.54. The first-order valence-corrected chi connectivity index (χ1v) is 10.3. The standard InChI is InChI=1S/C22H27FN4O2/c23-20-6-2-4-8-22(20)26-15-13-25(14-16-26)19-9-11-24(12-10-19)17-18-5-1-3-7-21(18)27(28)29/h1-8,19H,9-17H2. The molecular formula is C22H27FN4O2. The van der Waals surface area contributed by atoms with Gasteiger partial charge in [0.1, 0.15) is 5.82 Å². The Hall–Kier alpha value is -2.51. The minimum Gasteiger partial charge on any atom is -0.367 e. The fraction of sp³-hybridized carbons (Fsp3) is 0.455. The lowest BCUT2D eigenvalue weighted by Gasteiger charge is -2.43. The number of nitrogens with zero attached hydrogens (tertiary/aromatic N) is 4. The number of benzene rings is 2. The summed E-state index contributed by atoms with van der Waals surface area (Å²) in [5.41, 5.74) is 1.69. The SMILES string of the molecule is O=[N+]([O-])c1ccccc1CN1CCC(N2CCN(c3ccccc3F)CC2)CC1. The molecule has 2 aliphatic rings. The topological polar surface area (TPSA) is 52.9 Å². The second kappa shape index (κ2) is 8.88. The van der Waals surface area contributed by atoms with Gasteiger partial charge >= 0.3 is 0 Å². The summed E-state index contributed by atoms with van der Waals surface area (Å²) < 4.78 is 14.0. The zero-order valence-corrected chi connectivity index (χ0v) is 16.5. The minimum atomic E-state index is -0.295. The first kappa shape index (κ1) is 19.8. The monoisotopic (exact) mass is 398 g/mol. The summed E-state index contributed by atoms with van der Waals surface area (Å²) in [5.74, 6) is -0.149. The van der Waals surface area contributed by atoms with Crippen molar-refractivity contribution in [1.29, 1.82) is 0 Å². The smallest absolute Gasteiger partial charge is 0.273 e. The maximum Gasteiger partial charge on any atom is 0.273 e. The molecule has 0 bridgehead atoms. The molecule has 2 aliphatic heterocycles. The van der Waals surface area contributed by atoms with Gasteiger partial charge < -0.3 is 4.90 Å². The Kier molecular flexibility index (Phi) is 6.06. The lowest BCUT2D eigenvalue weighted by atomic mass is 10.0. The molecular weight excluding hydrogens is 371 g/mol. The van der Waals surface area contributed by atoms with Crippen molar-refractivity contribution in [2.24, 2.45) is 0 Å². The van der Waals surface area contributed by atoms with Gasteiger partial charge in [0.05, 0.1) is 10.6 Å². The van der Waals surface area contributed by atoms with E-state index in [1.54, 1.807) is 18.2 Å². The molecule has 0 aliphatic carbocycles. The van der Waals surface area contributed by atoms with E-state index >= 15 is 0 Å². The molecule has 0 radical (unpaired) electrons. The van der Waals surface area contributed by atoms with E-state index in [0.29, 0.717) is 18.3 Å². The van der Waals surface area contributed by atoms with E-state index in [9.17, 15) is 14.5 Å². The van der Waals surface area contributed by atoms with Gasteiger partial charge in [0.2, 0.25) is 0 Å². The molecule has 2 aromatic rings. The number of hydrogen-bond donors (Lipinski definition) is 0. The number of para-hydroxylation sites is 2. The van der Waals surface area contributed by atoms with Crippen LogP contribution in [-0.4, -0.2) is 60.0 Å². The van der Waals surface area contributed by atoms with E-state index in [1.165, 1.54) is 6.07 Å². The average molecular weight is 398 g/mol. The van der Waals surface area contributed by atoms with Crippen molar-refractivity contribution in [3.8, 4) is 0 Å². The highest BCUT2D eigenvalue weighted by Gasteiger charge is 2.28. The molecule has 6 nitrogen and oxygen atoms in total. The average Bonchev–Trinajstić information content (AvgIpc) is 2.75. The van der Waals surface area contributed by atoms with Crippen molar-refractivity contribution in [3.05, 3.63) is 70.0 Å². The van der Waals surface area contributed by atoms with Gasteiger partial charge in [0.15, 0.2) is 0 Å². The minimum absolute atomic E-state index is 0.149. The number of halogens is 1. The van der Waals surface area contributed by atoms with Gasteiger partial charge in [0, 0.05) is 50.4 Å². The van der Waals surface area contributed by atoms with Crippen molar-refractivity contribution in [2.45, 2.75) is 25.4 Å². The molecule has 2 aromatic carbocycles. The van der Waals surface area contributed by atoms with Crippen LogP contribution in [0, 0.1) is 15.9 Å². The number of piperidine rings is 1. The third-order valence-corrected chi connectivity index (χ3v) is 6.16. The molecule has 29 heavy (non-hydrogen) atoms. The lowest BCUT2D eigenvalue weighted by Crippen LogP contribution is -2.53. The van der Waals surface area contributed by atoms with Crippen LogP contribution in [0.1, 0.15) is 18.4 Å². The van der Waals surface area contributed by atoms with Gasteiger partial charge in [-0.1, -0.05) is 30.3 Å². The molecule has 0 N–H and O–H groups in total. The molecule has 0 saturated carbocycles. The summed E-state index contributed by atoms with van der Waals surface area (Å²) in [6.07, 6.45) is 2.14. The molecule has 2 fully saturated rings. The van der Waals surface area contributed by atoms with E-state index < -0.39 is 0 Å². The second-order valence-corrected chi connectivity index (χ2v) is 7.87. The number of nitro groups is 1. The number of nitro benzene ring substituents is 1. The third kappa shape index (κ3) is 4.57. The lowest BCUT2D eigenvalue weighted by molar-refractivity contribution is -0.385. The first-order valence-electron chi connectivity index (χ1n) is 10.3. The van der Waals surface area contributed by atoms with Crippen LogP contribution in [0.3, 0.4) is 0 Å². The van der Waals surface area contributed by atoms with Crippen LogP contribution in [-0.2, 0) is 6.54 Å². The van der Waals surface area contributed by atoms with Gasteiger partial charge in [-0.05, 0) is 38.1 Å². The Morgan fingerprint density at radius 1 is 0.931 bits per heavy atom. The van der Waals surface area contributed by atoms with E-state index in [0.717, 1.165) is 57.7 Å². The van der Waals surface area contributed by atoms with Gasteiger partial charge in [-0.25, -0.2) is 4.39 Å². The Morgan fingerprint density at radius 2 is 1.59 bits per heavy atom. The predicted octanol–water partition coefficient (Wildman–Crippen LogP) is 3.52. The zero-order chi connectivity index (χ0) is 20.2. The summed E-state index contributed by atoms with van der Waals surface area (Å²) in [4.78, 5) is 17.9. The van der Waals surface area contributed by atoms with Crippen LogP contribution >= 0.6 is 0 Å². The van der Waals surface area contributed by atoms with E-state index in [-0.39, 0.29) is 16.4 Å². The third-order valence-electron chi connectivity index (χ3n) is 6.16. The van der Waals surface area contributed by atoms with Gasteiger partial charge in [-0.15, -0.1) is 0 Å². The Balaban J connectivity index is 1.28. The molecule has 0 unspecified atom stereocenters. The highest BCUT2D eigenvalue weighted by molar-refractivity contribution is 5.48. The zero-order valence-electron chi connectivity index (χ0n) is 16.5. The first-order chi connectivity index (χ1) is 14.1. The van der Waals surface area contributed by atoms with Gasteiger partial charge in [0.25, 0.3) is 5.69 Å². The predicted molar refractivity (Wildman–Crippen MR) is 112 cm³/mol. The quantitative estimate of drug-likeness (QED) is 0.570. The molecule has 0 aromatic heterocycles. The largest absolute Gasteiger partial charge is 0.367 e. The number of piperazine rings is 1. The van der Waals surface area contributed by atoms with E-state index in [4.69, 9.17) is 0 Å². The summed E-state index contributed by atoms with van der Waals surface area (Å²) in [7, 11) is 0. The van der Waals surface area contributed by atoms with Gasteiger partial charge in [-0.3, -0.25) is 19.9 Å². The number of rotatable bonds is 5. The van der Waals surface area contributed by atoms with Crippen molar-refractivity contribution < 1.29 is 9.31 Å². The Morgan fingerprint density at radius 3 is 2.28 bits per heavy atom. The van der Waals surface area contributed by atoms with E-state index in [1.807, 2.05) is 24.3 Å². The maximum absolute atomic E-state index is 14.0. The second-order valence-electron chi connectivity index (χ2n) is 7.87. The number of likely N-dealkylation sites (tertiary alicyclic amines) is 1. The van der Waals surface area contributed by atoms with Crippen molar-refractivity contribution in [3.63, 3.8) is 0 Å². The molecule has 0 amide bonds. The summed E-state index contributed by atoms with van der Waals surface area (Å²) in [6, 6.07) is 14.5. The highest BCUT2D eigenvalue weighted by Crippen LogP contribution is 2.25. The maximum atomic E-state index is 14.0. The summed E-state index contributed by atoms with van der Waals surface area (Å²) in [6.45, 7) is 6.11. The van der Waals surface area contributed by atoms with E-state index in [2.05, 4.69) is 14.7 Å². The number of hydrogen-bond acceptors (Lipinski definition) is 5. The van der Waals surface area contributed by atoms with Crippen molar-refractivity contribution in [1.82, 2.24) is 9.80 Å². The molecule has 4 rings (SSSR count). The van der Waals surface area contributed by atoms with Crippen LogP contribution in [0.25, 0.3) is 0 Å². The normalized spacial score (nSPS) is 19.4. The molecule has 2 saturated heterocycles. The van der Waals surface area contributed by atoms with Crippen molar-refractivity contribution in [2.75, 3.05) is 44.2 Å². The summed E-state index contributed by atoms with van der Waals surface area (Å²) in [5, 5.41) is 11.2. The van der Waals surface area contributed by atoms with Crippen LogP contribution in [0.5, 0.6) is 0 Å². The van der Waals surface area contributed by atoms with Crippen LogP contribution in [0.15, 0.2) is 48.5 Å². The fourth-order valence-electron chi connectivity index (χ4n) is 4.54. The Labute approximate surface area is 170 Å². The molecule has 2 heterocycles. The molecule has 0 spiro atoms. The van der Waals surface area contributed by atoms with Gasteiger partial charge in [-0.2, -0.15) is 0 Å². The Bertz CT molecular complexity index is 846. The molecule has 154 valence electrons. The number of anilines is 1. The van der Waals surface area contributed by atoms with Crippen LogP contribution < -0.4 is 4.90 Å². The molecule has 0 atom stereocenters. The highest BCUT2D eigenvalue weighted by atomic mass is 19.1. The van der Waals surface area contributed by atoms with Crippen molar-refractivity contribution >= 4 is 11.4 Å². The van der Waals surface area contributed by atoms with Crippen LogP contribution in [0.2, 0.25) is 0 Å².